The molecule has 0 aromatic heterocycles. The Morgan fingerprint density at radius 2 is 1.40 bits per heavy atom. The third-order valence-corrected chi connectivity index (χ3v) is 8.53. The van der Waals surface area contributed by atoms with E-state index in [2.05, 4.69) is 6.58 Å². The van der Waals surface area contributed by atoms with Gasteiger partial charge in [-0.15, -0.1) is 0 Å². The minimum absolute atomic E-state index is 0.0122. The van der Waals surface area contributed by atoms with Crippen molar-refractivity contribution in [2.45, 2.75) is 23.7 Å². The summed E-state index contributed by atoms with van der Waals surface area (Å²) in [7, 11) is -3.82. The molecular formula is C27H25Cl2NO4S. The number of hydrogen-bond acceptors (Lipinski definition) is 4. The van der Waals surface area contributed by atoms with Gasteiger partial charge in [-0.3, -0.25) is 4.79 Å². The molecule has 0 radical (unpaired) electrons. The van der Waals surface area contributed by atoms with Crippen LogP contribution in [0.5, 0.6) is 0 Å². The normalized spacial score (nSPS) is 17.2. The Morgan fingerprint density at radius 3 is 1.91 bits per heavy atom. The highest BCUT2D eigenvalue weighted by molar-refractivity contribution is 7.89. The van der Waals surface area contributed by atoms with Gasteiger partial charge in [-0.05, 0) is 60.9 Å². The average Bonchev–Trinajstić information content (AvgIpc) is 2.89. The molecule has 0 saturated carbocycles. The van der Waals surface area contributed by atoms with Crippen molar-refractivity contribution in [3.8, 4) is 0 Å². The highest BCUT2D eigenvalue weighted by Crippen LogP contribution is 2.41. The molecule has 0 atom stereocenters. The molecule has 0 spiro atoms. The summed E-state index contributed by atoms with van der Waals surface area (Å²) in [6, 6.07) is 20.7. The summed E-state index contributed by atoms with van der Waals surface area (Å²) in [5.41, 5.74) is 1.64. The van der Waals surface area contributed by atoms with Gasteiger partial charge in [0.1, 0.15) is 12.0 Å². The van der Waals surface area contributed by atoms with Gasteiger partial charge >= 0.3 is 5.97 Å². The maximum Gasteiger partial charge on any atom is 0.321 e. The monoisotopic (exact) mass is 529 g/mol. The first-order valence-electron chi connectivity index (χ1n) is 11.1. The van der Waals surface area contributed by atoms with Gasteiger partial charge in [-0.25, -0.2) is 8.42 Å². The van der Waals surface area contributed by atoms with Gasteiger partial charge in [0.15, 0.2) is 0 Å². The number of hydrogen-bond donors (Lipinski definition) is 0. The van der Waals surface area contributed by atoms with Crippen LogP contribution in [-0.4, -0.2) is 38.4 Å². The van der Waals surface area contributed by atoms with Crippen LogP contribution in [0, 0.1) is 6.92 Å². The molecule has 8 heteroatoms. The Balaban J connectivity index is 1.77. The molecule has 4 rings (SSSR count). The van der Waals surface area contributed by atoms with E-state index in [-0.39, 0.29) is 31.0 Å². The van der Waals surface area contributed by atoms with Gasteiger partial charge in [-0.1, -0.05) is 77.3 Å². The molecule has 0 N–H and O–H groups in total. The molecule has 1 fully saturated rings. The van der Waals surface area contributed by atoms with Crippen molar-refractivity contribution in [1.82, 2.24) is 4.31 Å². The van der Waals surface area contributed by atoms with Crippen molar-refractivity contribution < 1.29 is 17.9 Å². The third kappa shape index (κ3) is 5.16. The first-order chi connectivity index (χ1) is 16.6. The summed E-state index contributed by atoms with van der Waals surface area (Å²) in [6.45, 7) is 6.04. The zero-order valence-electron chi connectivity index (χ0n) is 19.2. The standard InChI is InChI=1S/C27H25Cl2NO4S/c1-19-3-13-25(14-4-19)35(32,33)30-15-16-34-26(31)27(17-20(2)18-30,21-5-9-23(28)10-6-21)22-7-11-24(29)12-8-22/h3-14H,2,15-18H2,1H3. The number of halogens is 2. The first kappa shape index (κ1) is 25.5. The molecule has 1 heterocycles. The first-order valence-corrected chi connectivity index (χ1v) is 13.3. The Labute approximate surface area is 216 Å². The van der Waals surface area contributed by atoms with Crippen LogP contribution in [0.1, 0.15) is 23.1 Å². The van der Waals surface area contributed by atoms with Crippen molar-refractivity contribution in [3.63, 3.8) is 0 Å². The molecule has 5 nitrogen and oxygen atoms in total. The number of cyclic esters (lactones) is 1. The average molecular weight is 530 g/mol. The Morgan fingerprint density at radius 1 is 0.886 bits per heavy atom. The molecule has 1 aliphatic heterocycles. The number of rotatable bonds is 4. The van der Waals surface area contributed by atoms with Crippen molar-refractivity contribution >= 4 is 39.2 Å². The van der Waals surface area contributed by atoms with Crippen molar-refractivity contribution in [3.05, 3.63) is 112 Å². The van der Waals surface area contributed by atoms with Crippen LogP contribution in [0.3, 0.4) is 0 Å². The number of nitrogens with zero attached hydrogens (tertiary/aromatic N) is 1. The van der Waals surface area contributed by atoms with E-state index in [0.717, 1.165) is 5.56 Å². The van der Waals surface area contributed by atoms with Crippen LogP contribution < -0.4 is 0 Å². The lowest BCUT2D eigenvalue weighted by molar-refractivity contribution is -0.148. The highest BCUT2D eigenvalue weighted by atomic mass is 35.5. The summed E-state index contributed by atoms with van der Waals surface area (Å²) in [5, 5.41) is 1.07. The predicted molar refractivity (Wildman–Crippen MR) is 138 cm³/mol. The second-order valence-electron chi connectivity index (χ2n) is 8.63. The van der Waals surface area contributed by atoms with Crippen molar-refractivity contribution in [2.75, 3.05) is 19.7 Å². The van der Waals surface area contributed by atoms with E-state index in [1.165, 1.54) is 4.31 Å². The lowest BCUT2D eigenvalue weighted by Crippen LogP contribution is -2.39. The minimum atomic E-state index is -3.82. The zero-order chi connectivity index (χ0) is 25.2. The number of carbonyl (C=O) groups is 1. The lowest BCUT2D eigenvalue weighted by atomic mass is 9.70. The second-order valence-corrected chi connectivity index (χ2v) is 11.4. The summed E-state index contributed by atoms with van der Waals surface area (Å²) in [6.07, 6.45) is 0.148. The summed E-state index contributed by atoms with van der Waals surface area (Å²) in [5.74, 6) is -0.488. The van der Waals surface area contributed by atoms with E-state index in [0.29, 0.717) is 26.7 Å². The maximum atomic E-state index is 13.7. The molecule has 1 saturated heterocycles. The molecule has 3 aromatic rings. The summed E-state index contributed by atoms with van der Waals surface area (Å²) < 4.78 is 33.8. The SMILES string of the molecule is C=C1CN(S(=O)(=O)c2ccc(C)cc2)CCOC(=O)C(c2ccc(Cl)cc2)(c2ccc(Cl)cc2)C1. The summed E-state index contributed by atoms with van der Waals surface area (Å²) >= 11 is 12.3. The number of benzene rings is 3. The quantitative estimate of drug-likeness (QED) is 0.317. The number of sulfonamides is 1. The van der Waals surface area contributed by atoms with Crippen LogP contribution in [0.25, 0.3) is 0 Å². The molecule has 35 heavy (non-hydrogen) atoms. The van der Waals surface area contributed by atoms with Gasteiger partial charge in [0.25, 0.3) is 0 Å². The second kappa shape index (κ2) is 10.2. The van der Waals surface area contributed by atoms with E-state index in [4.69, 9.17) is 27.9 Å². The van der Waals surface area contributed by atoms with Crippen LogP contribution in [0.15, 0.2) is 89.8 Å². The molecule has 0 bridgehead atoms. The van der Waals surface area contributed by atoms with Crippen LogP contribution >= 0.6 is 23.2 Å². The number of carbonyl (C=O) groups excluding carboxylic acids is 1. The molecule has 0 aliphatic carbocycles. The van der Waals surface area contributed by atoms with Gasteiger partial charge in [0, 0.05) is 23.1 Å². The molecule has 182 valence electrons. The van der Waals surface area contributed by atoms with E-state index >= 15 is 0 Å². The van der Waals surface area contributed by atoms with Gasteiger partial charge in [-0.2, -0.15) is 4.31 Å². The van der Waals surface area contributed by atoms with E-state index in [1.54, 1.807) is 72.8 Å². The molecule has 3 aromatic carbocycles. The van der Waals surface area contributed by atoms with Crippen molar-refractivity contribution in [1.29, 1.82) is 0 Å². The number of esters is 1. The predicted octanol–water partition coefficient (Wildman–Crippen LogP) is 5.78. The zero-order valence-corrected chi connectivity index (χ0v) is 21.5. The Hall–Kier alpha value is -2.64. The van der Waals surface area contributed by atoms with E-state index < -0.39 is 21.4 Å². The van der Waals surface area contributed by atoms with E-state index in [1.807, 2.05) is 6.92 Å². The van der Waals surface area contributed by atoms with Crippen molar-refractivity contribution in [2.24, 2.45) is 0 Å². The highest BCUT2D eigenvalue weighted by Gasteiger charge is 2.45. The van der Waals surface area contributed by atoms with Crippen LogP contribution in [0.2, 0.25) is 10.0 Å². The fraction of sp³-hybridized carbons (Fsp3) is 0.222. The Bertz CT molecular complexity index is 1290. The summed E-state index contributed by atoms with van der Waals surface area (Å²) in [4.78, 5) is 13.9. The van der Waals surface area contributed by atoms with Gasteiger partial charge in [0.05, 0.1) is 4.90 Å². The largest absolute Gasteiger partial charge is 0.463 e. The molecule has 0 amide bonds. The van der Waals surface area contributed by atoms with Gasteiger partial charge < -0.3 is 4.74 Å². The van der Waals surface area contributed by atoms with Crippen LogP contribution in [0.4, 0.5) is 0 Å². The van der Waals surface area contributed by atoms with Crippen LogP contribution in [-0.2, 0) is 25.0 Å². The molecular weight excluding hydrogens is 505 g/mol. The molecule has 0 unspecified atom stereocenters. The topological polar surface area (TPSA) is 63.7 Å². The fourth-order valence-electron chi connectivity index (χ4n) is 4.33. The maximum absolute atomic E-state index is 13.7. The Kier molecular flexibility index (Phi) is 7.38. The minimum Gasteiger partial charge on any atom is -0.463 e. The van der Waals surface area contributed by atoms with Gasteiger partial charge in [0.2, 0.25) is 10.0 Å². The number of aryl methyl sites for hydroxylation is 1. The number of ether oxygens (including phenoxy) is 1. The van der Waals surface area contributed by atoms with E-state index in [9.17, 15) is 13.2 Å². The smallest absolute Gasteiger partial charge is 0.321 e. The third-order valence-electron chi connectivity index (χ3n) is 6.17. The fourth-order valence-corrected chi connectivity index (χ4v) is 6.03. The lowest BCUT2D eigenvalue weighted by Gasteiger charge is -2.33. The molecule has 1 aliphatic rings.